The van der Waals surface area contributed by atoms with Crippen LogP contribution >= 0.6 is 11.6 Å². The zero-order valence-electron chi connectivity index (χ0n) is 12.6. The first-order chi connectivity index (χ1) is 10.3. The average molecular weight is 307 g/mol. The Balaban J connectivity index is 1.97. The molecule has 0 bridgehead atoms. The van der Waals surface area contributed by atoms with E-state index >= 15 is 0 Å². The molecule has 1 aliphatic rings. The molecule has 114 valence electrons. The molecule has 0 saturated heterocycles. The Morgan fingerprint density at radius 3 is 2.86 bits per heavy atom. The van der Waals surface area contributed by atoms with Gasteiger partial charge in [0, 0.05) is 24.1 Å². The highest BCUT2D eigenvalue weighted by Crippen LogP contribution is 2.34. The fourth-order valence-electron chi connectivity index (χ4n) is 3.33. The zero-order chi connectivity index (χ0) is 14.7. The summed E-state index contributed by atoms with van der Waals surface area (Å²) in [6, 6.07) is 6.01. The van der Waals surface area contributed by atoms with Crippen LogP contribution in [0.25, 0.3) is 11.0 Å². The number of hydrogen-bond acceptors (Lipinski definition) is 2. The van der Waals surface area contributed by atoms with E-state index in [0.717, 1.165) is 30.3 Å². The van der Waals surface area contributed by atoms with E-state index < -0.39 is 0 Å². The number of halogens is 1. The highest BCUT2D eigenvalue weighted by molar-refractivity contribution is 6.31. The number of fused-ring (bicyclic) bond motifs is 1. The van der Waals surface area contributed by atoms with E-state index in [-0.39, 0.29) is 0 Å². The Kier molecular flexibility index (Phi) is 4.81. The molecule has 0 atom stereocenters. The van der Waals surface area contributed by atoms with Crippen LogP contribution in [-0.2, 0) is 11.3 Å². The van der Waals surface area contributed by atoms with Gasteiger partial charge in [0.1, 0.15) is 5.82 Å². The molecular weight excluding hydrogens is 284 g/mol. The second-order valence-electron chi connectivity index (χ2n) is 5.79. The monoisotopic (exact) mass is 306 g/mol. The topological polar surface area (TPSA) is 27.1 Å². The van der Waals surface area contributed by atoms with Gasteiger partial charge in [-0.1, -0.05) is 30.9 Å². The van der Waals surface area contributed by atoms with Crippen molar-refractivity contribution in [2.75, 3.05) is 13.2 Å². The summed E-state index contributed by atoms with van der Waals surface area (Å²) >= 11 is 6.12. The third-order valence-electron chi connectivity index (χ3n) is 4.37. The minimum absolute atomic E-state index is 0.589. The summed E-state index contributed by atoms with van der Waals surface area (Å²) in [6.45, 7) is 4.41. The highest BCUT2D eigenvalue weighted by atomic mass is 35.5. The smallest absolute Gasteiger partial charge is 0.113 e. The molecule has 1 fully saturated rings. The normalized spacial score (nSPS) is 16.7. The van der Waals surface area contributed by atoms with Crippen molar-refractivity contribution >= 4 is 22.6 Å². The molecule has 1 aliphatic carbocycles. The Bertz CT molecular complexity index is 602. The summed E-state index contributed by atoms with van der Waals surface area (Å²) in [5, 5.41) is 0.757. The summed E-state index contributed by atoms with van der Waals surface area (Å²) < 4.78 is 7.89. The van der Waals surface area contributed by atoms with Gasteiger partial charge in [0.25, 0.3) is 0 Å². The molecule has 0 amide bonds. The summed E-state index contributed by atoms with van der Waals surface area (Å²) in [7, 11) is 0. The van der Waals surface area contributed by atoms with Gasteiger partial charge < -0.3 is 9.30 Å². The summed E-state index contributed by atoms with van der Waals surface area (Å²) in [4.78, 5) is 4.90. The lowest BCUT2D eigenvalue weighted by Gasteiger charge is -2.22. The standard InChI is InChI=1S/C17H23ClN2O/c1-2-21-11-10-20-16-9-8-14(18)12-15(16)19-17(20)13-6-4-3-5-7-13/h8-9,12-13H,2-7,10-11H2,1H3. The minimum atomic E-state index is 0.589. The van der Waals surface area contributed by atoms with Gasteiger partial charge in [-0.05, 0) is 38.0 Å². The Hall–Kier alpha value is -1.06. The molecule has 3 nitrogen and oxygen atoms in total. The Morgan fingerprint density at radius 2 is 2.10 bits per heavy atom. The molecule has 21 heavy (non-hydrogen) atoms. The predicted octanol–water partition coefficient (Wildman–Crippen LogP) is 4.77. The fraction of sp³-hybridized carbons (Fsp3) is 0.588. The van der Waals surface area contributed by atoms with Crippen LogP contribution in [0.3, 0.4) is 0 Å². The molecular formula is C17H23ClN2O. The molecule has 3 rings (SSSR count). The van der Waals surface area contributed by atoms with E-state index in [0.29, 0.717) is 5.92 Å². The molecule has 0 spiro atoms. The molecule has 0 unspecified atom stereocenters. The predicted molar refractivity (Wildman–Crippen MR) is 87.1 cm³/mol. The zero-order valence-corrected chi connectivity index (χ0v) is 13.4. The molecule has 4 heteroatoms. The van der Waals surface area contributed by atoms with Crippen LogP contribution < -0.4 is 0 Å². The summed E-state index contributed by atoms with van der Waals surface area (Å²) in [6.07, 6.45) is 6.51. The van der Waals surface area contributed by atoms with Gasteiger partial charge >= 0.3 is 0 Å². The molecule has 0 aliphatic heterocycles. The summed E-state index contributed by atoms with van der Waals surface area (Å²) in [5.41, 5.74) is 2.19. The van der Waals surface area contributed by atoms with Gasteiger partial charge in [0.15, 0.2) is 0 Å². The number of imidazole rings is 1. The largest absolute Gasteiger partial charge is 0.380 e. The third-order valence-corrected chi connectivity index (χ3v) is 4.61. The first-order valence-electron chi connectivity index (χ1n) is 8.03. The van der Waals surface area contributed by atoms with E-state index in [2.05, 4.69) is 10.6 Å². The van der Waals surface area contributed by atoms with Crippen LogP contribution in [0.2, 0.25) is 5.02 Å². The van der Waals surface area contributed by atoms with Crippen LogP contribution in [-0.4, -0.2) is 22.8 Å². The van der Waals surface area contributed by atoms with Crippen molar-refractivity contribution in [3.8, 4) is 0 Å². The van der Waals surface area contributed by atoms with Gasteiger partial charge in [-0.15, -0.1) is 0 Å². The van der Waals surface area contributed by atoms with Crippen LogP contribution in [0.15, 0.2) is 18.2 Å². The van der Waals surface area contributed by atoms with Gasteiger partial charge in [-0.25, -0.2) is 4.98 Å². The number of rotatable bonds is 5. The van der Waals surface area contributed by atoms with E-state index in [4.69, 9.17) is 21.3 Å². The van der Waals surface area contributed by atoms with E-state index in [1.807, 2.05) is 19.1 Å². The van der Waals surface area contributed by atoms with Crippen molar-refractivity contribution < 1.29 is 4.74 Å². The number of ether oxygens (including phenoxy) is 1. The second kappa shape index (κ2) is 6.80. The number of aromatic nitrogens is 2. The lowest BCUT2D eigenvalue weighted by atomic mass is 9.88. The van der Waals surface area contributed by atoms with Crippen LogP contribution in [0.4, 0.5) is 0 Å². The van der Waals surface area contributed by atoms with Gasteiger partial charge in [-0.3, -0.25) is 0 Å². The van der Waals surface area contributed by atoms with Crippen molar-refractivity contribution in [3.05, 3.63) is 29.0 Å². The lowest BCUT2D eigenvalue weighted by molar-refractivity contribution is 0.138. The van der Waals surface area contributed by atoms with Crippen LogP contribution in [0, 0.1) is 0 Å². The van der Waals surface area contributed by atoms with Crippen molar-refractivity contribution in [2.24, 2.45) is 0 Å². The van der Waals surface area contributed by atoms with Gasteiger partial charge in [0.2, 0.25) is 0 Å². The fourth-order valence-corrected chi connectivity index (χ4v) is 3.50. The SMILES string of the molecule is CCOCCn1c(C2CCCCC2)nc2cc(Cl)ccc21. The summed E-state index contributed by atoms with van der Waals surface area (Å²) in [5.74, 6) is 1.82. The van der Waals surface area contributed by atoms with Crippen LogP contribution in [0.5, 0.6) is 0 Å². The van der Waals surface area contributed by atoms with E-state index in [1.165, 1.54) is 43.4 Å². The molecule has 1 saturated carbocycles. The second-order valence-corrected chi connectivity index (χ2v) is 6.22. The Morgan fingerprint density at radius 1 is 1.29 bits per heavy atom. The number of hydrogen-bond donors (Lipinski definition) is 0. The number of nitrogens with zero attached hydrogens (tertiary/aromatic N) is 2. The molecule has 1 aromatic carbocycles. The van der Waals surface area contributed by atoms with Crippen molar-refractivity contribution in [1.29, 1.82) is 0 Å². The van der Waals surface area contributed by atoms with Gasteiger partial charge in [0.05, 0.1) is 17.6 Å². The molecule has 2 aromatic rings. The maximum Gasteiger partial charge on any atom is 0.113 e. The lowest BCUT2D eigenvalue weighted by Crippen LogP contribution is -2.14. The maximum absolute atomic E-state index is 6.12. The van der Waals surface area contributed by atoms with E-state index in [1.54, 1.807) is 0 Å². The highest BCUT2D eigenvalue weighted by Gasteiger charge is 2.22. The minimum Gasteiger partial charge on any atom is -0.380 e. The van der Waals surface area contributed by atoms with Crippen molar-refractivity contribution in [1.82, 2.24) is 9.55 Å². The Labute approximate surface area is 131 Å². The molecule has 1 aromatic heterocycles. The molecule has 1 heterocycles. The number of benzene rings is 1. The molecule has 0 N–H and O–H groups in total. The van der Waals surface area contributed by atoms with Crippen molar-refractivity contribution in [3.63, 3.8) is 0 Å². The van der Waals surface area contributed by atoms with E-state index in [9.17, 15) is 0 Å². The van der Waals surface area contributed by atoms with Gasteiger partial charge in [-0.2, -0.15) is 0 Å². The first-order valence-corrected chi connectivity index (χ1v) is 8.41. The first kappa shape index (κ1) is 14.9. The average Bonchev–Trinajstić information content (AvgIpc) is 2.86. The van der Waals surface area contributed by atoms with Crippen molar-refractivity contribution in [2.45, 2.75) is 51.5 Å². The third kappa shape index (κ3) is 3.24. The quantitative estimate of drug-likeness (QED) is 0.744. The maximum atomic E-state index is 6.12. The molecule has 0 radical (unpaired) electrons. The van der Waals surface area contributed by atoms with Crippen LogP contribution in [0.1, 0.15) is 50.8 Å².